The lowest BCUT2D eigenvalue weighted by Crippen LogP contribution is -2.39. The van der Waals surface area contributed by atoms with Gasteiger partial charge >= 0.3 is 12.0 Å². The molecule has 116 valence electrons. The molecule has 1 aromatic carbocycles. The Kier molecular flexibility index (Phi) is 6.72. The van der Waals surface area contributed by atoms with E-state index in [1.807, 2.05) is 38.1 Å². The fourth-order valence-electron chi connectivity index (χ4n) is 1.98. The van der Waals surface area contributed by atoms with Crippen LogP contribution in [0.15, 0.2) is 24.3 Å². The van der Waals surface area contributed by atoms with Crippen LogP contribution < -0.4 is 5.32 Å². The first-order valence-corrected chi connectivity index (χ1v) is 7.15. The highest BCUT2D eigenvalue weighted by Crippen LogP contribution is 2.10. The molecular weight excluding hydrogens is 268 g/mol. The topological polar surface area (TPSA) is 69.6 Å². The van der Waals surface area contributed by atoms with Crippen LogP contribution in [0.2, 0.25) is 0 Å². The van der Waals surface area contributed by atoms with Crippen LogP contribution >= 0.6 is 0 Å². The zero-order chi connectivity index (χ0) is 15.8. The fourth-order valence-corrected chi connectivity index (χ4v) is 1.98. The Bertz CT molecular complexity index is 488. The molecule has 0 bridgehead atoms. The molecule has 1 aromatic rings. The third kappa shape index (κ3) is 6.29. The molecule has 0 aliphatic carbocycles. The summed E-state index contributed by atoms with van der Waals surface area (Å²) in [6.07, 6.45) is 0.702. The molecule has 2 amide bonds. The van der Waals surface area contributed by atoms with Crippen molar-refractivity contribution < 1.29 is 14.7 Å². The van der Waals surface area contributed by atoms with Crippen molar-refractivity contribution in [2.24, 2.45) is 5.92 Å². The predicted molar refractivity (Wildman–Crippen MR) is 82.1 cm³/mol. The van der Waals surface area contributed by atoms with E-state index < -0.39 is 5.97 Å². The Hall–Kier alpha value is -2.04. The van der Waals surface area contributed by atoms with Gasteiger partial charge in [0.05, 0.1) is 0 Å². The first kappa shape index (κ1) is 17.0. The van der Waals surface area contributed by atoms with E-state index in [1.54, 1.807) is 11.9 Å². The molecule has 5 nitrogen and oxygen atoms in total. The van der Waals surface area contributed by atoms with Crippen LogP contribution in [0.25, 0.3) is 0 Å². The molecule has 0 heterocycles. The molecule has 1 atom stereocenters. The maximum atomic E-state index is 12.0. The van der Waals surface area contributed by atoms with Crippen LogP contribution in [0.5, 0.6) is 0 Å². The van der Waals surface area contributed by atoms with E-state index in [9.17, 15) is 9.59 Å². The number of rotatable bonds is 7. The summed E-state index contributed by atoms with van der Waals surface area (Å²) in [5.41, 5.74) is 2.28. The van der Waals surface area contributed by atoms with Crippen LogP contribution in [-0.4, -0.2) is 35.6 Å². The van der Waals surface area contributed by atoms with Crippen LogP contribution in [0.4, 0.5) is 4.79 Å². The average molecular weight is 292 g/mol. The van der Waals surface area contributed by atoms with E-state index in [2.05, 4.69) is 5.32 Å². The highest BCUT2D eigenvalue weighted by atomic mass is 16.4. The third-order valence-electron chi connectivity index (χ3n) is 3.47. The minimum absolute atomic E-state index is 0.135. The van der Waals surface area contributed by atoms with Crippen molar-refractivity contribution >= 4 is 12.0 Å². The summed E-state index contributed by atoms with van der Waals surface area (Å²) in [5, 5.41) is 11.5. The van der Waals surface area contributed by atoms with Crippen molar-refractivity contribution in [2.45, 2.75) is 33.2 Å². The van der Waals surface area contributed by atoms with E-state index in [0.717, 1.165) is 11.1 Å². The largest absolute Gasteiger partial charge is 0.481 e. The summed E-state index contributed by atoms with van der Waals surface area (Å²) < 4.78 is 0. The maximum Gasteiger partial charge on any atom is 0.317 e. The molecule has 2 N–H and O–H groups in total. The Morgan fingerprint density at radius 1 is 1.33 bits per heavy atom. The highest BCUT2D eigenvalue weighted by molar-refractivity contribution is 5.73. The summed E-state index contributed by atoms with van der Waals surface area (Å²) >= 11 is 0. The summed E-state index contributed by atoms with van der Waals surface area (Å²) in [6.45, 7) is 5.01. The van der Waals surface area contributed by atoms with Crippen molar-refractivity contribution in [3.63, 3.8) is 0 Å². The molecule has 0 radical (unpaired) electrons. The standard InChI is InChI=1S/C16H24N2O3/c1-12(8-9-15(19)20)10-17-16(21)18(3)11-14-7-5-4-6-13(14)2/h4-7,12H,8-11H2,1-3H3,(H,17,21)(H,19,20). The van der Waals surface area contributed by atoms with Crippen LogP contribution in [0.1, 0.15) is 30.9 Å². The number of aryl methyl sites for hydroxylation is 1. The van der Waals surface area contributed by atoms with Gasteiger partial charge in [0.2, 0.25) is 0 Å². The fraction of sp³-hybridized carbons (Fsp3) is 0.500. The van der Waals surface area contributed by atoms with Crippen molar-refractivity contribution in [1.82, 2.24) is 10.2 Å². The third-order valence-corrected chi connectivity index (χ3v) is 3.47. The molecule has 0 aromatic heterocycles. The number of carboxylic acids is 1. The van der Waals surface area contributed by atoms with Crippen molar-refractivity contribution in [2.75, 3.05) is 13.6 Å². The first-order chi connectivity index (χ1) is 9.90. The van der Waals surface area contributed by atoms with Crippen molar-refractivity contribution in [3.05, 3.63) is 35.4 Å². The second-order valence-corrected chi connectivity index (χ2v) is 5.51. The van der Waals surface area contributed by atoms with Gasteiger partial charge in [0, 0.05) is 26.6 Å². The second kappa shape index (κ2) is 8.29. The van der Waals surface area contributed by atoms with Crippen LogP contribution in [-0.2, 0) is 11.3 Å². The molecular formula is C16H24N2O3. The first-order valence-electron chi connectivity index (χ1n) is 7.15. The average Bonchev–Trinajstić information content (AvgIpc) is 2.44. The zero-order valence-electron chi connectivity index (χ0n) is 12.9. The van der Waals surface area contributed by atoms with Gasteiger partial charge in [-0.3, -0.25) is 4.79 Å². The lowest BCUT2D eigenvalue weighted by Gasteiger charge is -2.20. The SMILES string of the molecule is Cc1ccccc1CN(C)C(=O)NCC(C)CCC(=O)O. The van der Waals surface area contributed by atoms with Gasteiger partial charge in [-0.15, -0.1) is 0 Å². The number of amides is 2. The maximum absolute atomic E-state index is 12.0. The number of benzene rings is 1. The molecule has 0 saturated carbocycles. The number of carboxylic acid groups (broad SMARTS) is 1. The number of hydrogen-bond acceptors (Lipinski definition) is 2. The number of urea groups is 1. The van der Waals surface area contributed by atoms with Crippen LogP contribution in [0.3, 0.4) is 0 Å². The van der Waals surface area contributed by atoms with E-state index >= 15 is 0 Å². The number of carbonyl (C=O) groups excluding carboxylic acids is 1. The summed E-state index contributed by atoms with van der Waals surface area (Å²) in [5.74, 6) is -0.651. The molecule has 21 heavy (non-hydrogen) atoms. The minimum Gasteiger partial charge on any atom is -0.481 e. The quantitative estimate of drug-likeness (QED) is 0.811. The van der Waals surface area contributed by atoms with Crippen molar-refractivity contribution in [1.29, 1.82) is 0 Å². The minimum atomic E-state index is -0.801. The monoisotopic (exact) mass is 292 g/mol. The Morgan fingerprint density at radius 2 is 2.00 bits per heavy atom. The number of nitrogens with zero attached hydrogens (tertiary/aromatic N) is 1. The number of nitrogens with one attached hydrogen (secondary N) is 1. The van der Waals surface area contributed by atoms with Crippen molar-refractivity contribution in [3.8, 4) is 0 Å². The molecule has 0 aliphatic heterocycles. The summed E-state index contributed by atoms with van der Waals surface area (Å²) in [7, 11) is 1.75. The highest BCUT2D eigenvalue weighted by Gasteiger charge is 2.12. The van der Waals surface area contributed by atoms with Gasteiger partial charge in [0.1, 0.15) is 0 Å². The summed E-state index contributed by atoms with van der Waals surface area (Å²) in [4.78, 5) is 24.1. The van der Waals surface area contributed by atoms with Gasteiger partial charge in [-0.25, -0.2) is 4.79 Å². The zero-order valence-corrected chi connectivity index (χ0v) is 12.9. The van der Waals surface area contributed by atoms with Gasteiger partial charge in [0.25, 0.3) is 0 Å². The van der Waals surface area contributed by atoms with E-state index in [0.29, 0.717) is 19.5 Å². The van der Waals surface area contributed by atoms with E-state index in [-0.39, 0.29) is 18.4 Å². The Balaban J connectivity index is 2.38. The van der Waals surface area contributed by atoms with E-state index in [1.165, 1.54) is 0 Å². The van der Waals surface area contributed by atoms with E-state index in [4.69, 9.17) is 5.11 Å². The lowest BCUT2D eigenvalue weighted by molar-refractivity contribution is -0.137. The smallest absolute Gasteiger partial charge is 0.317 e. The Labute approximate surface area is 126 Å². The van der Waals surface area contributed by atoms with Gasteiger partial charge < -0.3 is 15.3 Å². The predicted octanol–water partition coefficient (Wildman–Crippen LogP) is 2.64. The van der Waals surface area contributed by atoms with Gasteiger partial charge in [0.15, 0.2) is 0 Å². The second-order valence-electron chi connectivity index (χ2n) is 5.51. The van der Waals surface area contributed by atoms with Gasteiger partial charge in [-0.2, -0.15) is 0 Å². The lowest BCUT2D eigenvalue weighted by atomic mass is 10.1. The number of carbonyl (C=O) groups is 2. The molecule has 0 aliphatic rings. The number of aliphatic carboxylic acids is 1. The van der Waals surface area contributed by atoms with Gasteiger partial charge in [-0.1, -0.05) is 31.2 Å². The molecule has 0 fully saturated rings. The number of hydrogen-bond donors (Lipinski definition) is 2. The van der Waals surface area contributed by atoms with Crippen LogP contribution in [0, 0.1) is 12.8 Å². The van der Waals surface area contributed by atoms with Gasteiger partial charge in [-0.05, 0) is 30.4 Å². The Morgan fingerprint density at radius 3 is 2.62 bits per heavy atom. The molecule has 5 heteroatoms. The molecule has 1 unspecified atom stereocenters. The molecule has 1 rings (SSSR count). The summed E-state index contributed by atoms with van der Waals surface area (Å²) in [6, 6.07) is 7.83. The molecule has 0 saturated heterocycles. The molecule has 0 spiro atoms. The normalized spacial score (nSPS) is 11.8.